The van der Waals surface area contributed by atoms with Gasteiger partial charge < -0.3 is 207 Å². The Morgan fingerprint density at radius 1 is 0.168 bits per heavy atom. The molecule has 0 unspecified atom stereocenters. The summed E-state index contributed by atoms with van der Waals surface area (Å²) in [6.07, 6.45) is 19.4. The summed E-state index contributed by atoms with van der Waals surface area (Å²) in [5.41, 5.74) is 0. The second-order valence-electron chi connectivity index (χ2n) is 13.5. The van der Waals surface area contributed by atoms with Gasteiger partial charge in [-0.2, -0.15) is 0 Å². The van der Waals surface area contributed by atoms with Gasteiger partial charge in [-0.25, -0.2) is 0 Å². The molecule has 0 spiro atoms. The first-order valence-corrected chi connectivity index (χ1v) is 21.6. The van der Waals surface area contributed by atoms with Gasteiger partial charge in [0.05, 0.1) is 0 Å². The minimum Gasteiger partial charge on any atom is -2.00 e. The average Bonchev–Trinajstić information content (AvgIpc) is 2.30. The van der Waals surface area contributed by atoms with Crippen LogP contribution in [0.4, 0.5) is 0 Å². The van der Waals surface area contributed by atoms with E-state index in [9.17, 15) is 0 Å². The van der Waals surface area contributed by atoms with E-state index in [-0.39, 0.29) is 226 Å². The molecule has 12 aromatic rings. The van der Waals surface area contributed by atoms with Gasteiger partial charge in [-0.3, -0.25) is 61.2 Å². The Hall–Kier alpha value is -6.58. The maximum absolute atomic E-state index is 5.41. The van der Waals surface area contributed by atoms with Gasteiger partial charge in [0.2, 0.25) is 70.6 Å². The summed E-state index contributed by atoms with van der Waals surface area (Å²) in [6, 6.07) is 19.6. The van der Waals surface area contributed by atoms with E-state index in [1.54, 1.807) is 147 Å². The fraction of sp³-hybridized carbons (Fsp3) is 0. The van der Waals surface area contributed by atoms with Crippen LogP contribution >= 0.6 is 0 Å². The van der Waals surface area contributed by atoms with E-state index in [0.717, 1.165) is 0 Å². The zero-order valence-corrected chi connectivity index (χ0v) is 59.2. The van der Waals surface area contributed by atoms with Crippen molar-refractivity contribution in [3.05, 3.63) is 147 Å². The summed E-state index contributed by atoms with van der Waals surface area (Å²) in [7, 11) is -4.24. The minimum absolute atomic E-state index is 0. The molecule has 95 heavy (non-hydrogen) atoms. The van der Waals surface area contributed by atoms with Crippen LogP contribution in [0.1, 0.15) is 0 Å². The van der Waals surface area contributed by atoms with E-state index >= 15 is 0 Å². The number of aromatic amines is 12. The average molecular weight is 1680 g/mol. The zero-order chi connectivity index (χ0) is 51.7. The third-order valence-corrected chi connectivity index (χ3v) is 8.31. The van der Waals surface area contributed by atoms with Gasteiger partial charge in [0.25, 0.3) is 0 Å². The topological polar surface area (TPSA) is 597 Å². The fourth-order valence-corrected chi connectivity index (χ4v) is 5.22. The van der Waals surface area contributed by atoms with Crippen molar-refractivity contribution < 1.29 is 282 Å². The van der Waals surface area contributed by atoms with Gasteiger partial charge in [-0.05, 0) is 0 Å². The molecule has 0 aromatic carbocycles. The van der Waals surface area contributed by atoms with Crippen molar-refractivity contribution in [1.82, 2.24) is 122 Å². The molecule has 12 heterocycles. The predicted molar refractivity (Wildman–Crippen MR) is 257 cm³/mol. The number of nitrogens with zero attached hydrogens (tertiary/aromatic N) is 12. The number of hydrogen-bond donors (Lipinski definition) is 12. The molecule has 12 N–H and O–H groups in total. The number of nitrogens with one attached hydrogen (secondary N) is 12. The van der Waals surface area contributed by atoms with Crippen molar-refractivity contribution in [2.45, 2.75) is 0 Å². The molecule has 0 aliphatic heterocycles. The van der Waals surface area contributed by atoms with Crippen LogP contribution in [0.3, 0.4) is 0 Å². The van der Waals surface area contributed by atoms with Gasteiger partial charge in [-0.15, -0.1) is 61.2 Å². The summed E-state index contributed by atoms with van der Waals surface area (Å²) < 4.78 is 64.9. The van der Waals surface area contributed by atoms with E-state index in [1.807, 2.05) is 0 Å². The van der Waals surface area contributed by atoms with Crippen molar-refractivity contribution in [3.63, 3.8) is 0 Å². The molecule has 41 nitrogen and oxygen atoms in total. The zero-order valence-electron chi connectivity index (χ0n) is 46.0. The number of rotatable bonds is 24. The van der Waals surface area contributed by atoms with Crippen molar-refractivity contribution >= 4 is 29.3 Å². The molecule has 0 amide bonds. The van der Waals surface area contributed by atoms with E-state index < -0.39 is 29.3 Å². The molecule has 12 rings (SSSR count). The summed E-state index contributed by atoms with van der Waals surface area (Å²) in [6.45, 7) is 0. The first-order chi connectivity index (χ1) is 37.6. The maximum atomic E-state index is 5.41. The summed E-state index contributed by atoms with van der Waals surface area (Å²) in [4.78, 5) is 0. The molecular weight excluding hydrogens is 1640 g/mol. The van der Waals surface area contributed by atoms with Crippen LogP contribution in [-0.2, 0) is 102 Å². The Bertz CT molecular complexity index is 2500. The van der Waals surface area contributed by atoms with Crippen molar-refractivity contribution in [3.8, 4) is 70.6 Å². The third kappa shape index (κ3) is 40.5. The summed E-state index contributed by atoms with van der Waals surface area (Å²) >= 11 is 0. The van der Waals surface area contributed by atoms with Crippen LogP contribution in [0.2, 0.25) is 0 Å². The summed E-state index contributed by atoms with van der Waals surface area (Å²) in [5, 5.41) is 77.7. The molecular formula is C36H36B4Cl10N24O17V4. The molecule has 0 bridgehead atoms. The minimum atomic E-state index is -1.06. The first kappa shape index (κ1) is 113. The maximum Gasteiger partial charge on any atom is 5.00 e. The SMILES string of the molecule is [Cl-].[Cl-].[Cl-].[Cl-].[Cl-].[Cl-].[Cl-].[Cl-].[Cl-].[Cl-].[O-2].[O-2].[O-2].[O-2].[O-2].[V+5].[V+5].[V+5].[V+5].c1cc(OB(Oc2cc[nH]n2)Oc2cc[nH]n2)n[nH]1.c1cc(OB(Oc2cc[nH]n2)Oc2cc[nH]n2)n[nH]1.c1cc(OB(Oc2cc[nH]n2)Oc2cc[nH]n2)n[nH]1.c1cc(OB(Oc2cc[nH]n2)Oc2cc[nH]n2)n[nH]1. The third-order valence-electron chi connectivity index (χ3n) is 8.31. The Balaban J connectivity index is -0.000000103. The van der Waals surface area contributed by atoms with Crippen molar-refractivity contribution in [1.29, 1.82) is 0 Å². The van der Waals surface area contributed by atoms with Crippen molar-refractivity contribution in [2.75, 3.05) is 0 Å². The number of H-pyrrole nitrogens is 12. The quantitative estimate of drug-likeness (QED) is 0.0250. The monoisotopic (exact) mass is 1670 g/mol. The largest absolute Gasteiger partial charge is 5.00 e. The molecule has 504 valence electrons. The predicted octanol–water partition coefficient (Wildman–Crippen LogP) is -29.1. The molecule has 0 saturated carbocycles. The molecule has 0 atom stereocenters. The number of aromatic nitrogens is 24. The van der Waals surface area contributed by atoms with E-state index in [4.69, 9.17) is 55.9 Å². The van der Waals surface area contributed by atoms with Crippen LogP contribution in [-0.4, -0.2) is 152 Å². The van der Waals surface area contributed by atoms with Crippen LogP contribution in [0.25, 0.3) is 0 Å². The standard InChI is InChI=1S/4C9H9BN6O3.10ClH.5O.4V/c4*1-4-11-14-7(1)17-10(18-8-2-5-12-15-8)19-9-3-6-13-16-9;;;;;;;;;;;;;;;;;;;/h4*1-6H,(H,11,14)(H,12,15)(H,13,16);10*1H;;;;;;;;;/q;;;;;;;;;;;;;;5*-2;4*+5/p-10. The normalized spacial score (nSPS) is 8.08. The first-order valence-electron chi connectivity index (χ1n) is 21.6. The molecule has 0 radical (unpaired) electrons. The Morgan fingerprint density at radius 3 is 0.295 bits per heavy atom. The molecule has 12 aromatic heterocycles. The van der Waals surface area contributed by atoms with Crippen LogP contribution in [0.15, 0.2) is 147 Å². The van der Waals surface area contributed by atoms with Gasteiger partial charge >= 0.3 is 104 Å². The van der Waals surface area contributed by atoms with Crippen LogP contribution in [0.5, 0.6) is 70.6 Å². The van der Waals surface area contributed by atoms with Crippen molar-refractivity contribution in [2.24, 2.45) is 0 Å². The molecule has 0 fully saturated rings. The Kier molecular flexibility index (Phi) is 75.3. The van der Waals surface area contributed by atoms with E-state index in [0.29, 0.717) is 70.6 Å². The second-order valence-corrected chi connectivity index (χ2v) is 13.5. The molecule has 59 heteroatoms. The molecule has 0 aliphatic rings. The Labute approximate surface area is 645 Å². The smallest absolute Gasteiger partial charge is 2.00 e. The Morgan fingerprint density at radius 2 is 0.242 bits per heavy atom. The summed E-state index contributed by atoms with van der Waals surface area (Å²) in [5.74, 6) is 3.96. The number of halogens is 10. The van der Waals surface area contributed by atoms with E-state index in [2.05, 4.69) is 122 Å². The van der Waals surface area contributed by atoms with Gasteiger partial charge in [-0.1, -0.05) is 0 Å². The number of hydrogen-bond acceptors (Lipinski definition) is 24. The van der Waals surface area contributed by atoms with Crippen LogP contribution in [0, 0.1) is 0 Å². The van der Waals surface area contributed by atoms with Gasteiger partial charge in [0.1, 0.15) is 0 Å². The van der Waals surface area contributed by atoms with Crippen LogP contribution < -0.4 is 180 Å². The fourth-order valence-electron chi connectivity index (χ4n) is 5.22. The van der Waals surface area contributed by atoms with E-state index in [1.165, 1.54) is 0 Å². The van der Waals surface area contributed by atoms with Gasteiger partial charge in [0, 0.05) is 147 Å². The molecule has 0 saturated heterocycles. The molecule has 0 aliphatic carbocycles. The second kappa shape index (κ2) is 63.5. The van der Waals surface area contributed by atoms with Gasteiger partial charge in [0.15, 0.2) is 0 Å².